The summed E-state index contributed by atoms with van der Waals surface area (Å²) in [5.41, 5.74) is 5.44. The van der Waals surface area contributed by atoms with E-state index in [0.717, 1.165) is 0 Å². The van der Waals surface area contributed by atoms with E-state index < -0.39 is 6.61 Å². The molecule has 0 bridgehead atoms. The predicted molar refractivity (Wildman–Crippen MR) is 54.0 cm³/mol. The van der Waals surface area contributed by atoms with E-state index in [1.54, 1.807) is 0 Å². The van der Waals surface area contributed by atoms with Gasteiger partial charge < -0.3 is 10.5 Å². The van der Waals surface area contributed by atoms with Crippen LogP contribution in [-0.4, -0.2) is 11.6 Å². The minimum absolute atomic E-state index is 0.0775. The molecule has 14 heavy (non-hydrogen) atoms. The molecule has 2 nitrogen and oxygen atoms in total. The fourth-order valence-electron chi connectivity index (χ4n) is 0.938. The van der Waals surface area contributed by atoms with Gasteiger partial charge in [-0.2, -0.15) is 8.78 Å². The van der Waals surface area contributed by atoms with E-state index in [4.69, 9.17) is 17.3 Å². The summed E-state index contributed by atoms with van der Waals surface area (Å²) in [4.78, 5) is -0.0775. The van der Waals surface area contributed by atoms with Crippen LogP contribution in [0.2, 0.25) is 5.02 Å². The number of benzene rings is 1. The average molecular weight is 238 g/mol. The number of nitrogens with two attached hydrogens (primary N) is 1. The van der Waals surface area contributed by atoms with E-state index in [-0.39, 0.29) is 21.3 Å². The number of halogens is 3. The molecule has 2 N–H and O–H groups in total. The van der Waals surface area contributed by atoms with Crippen molar-refractivity contribution in [1.82, 2.24) is 0 Å². The molecule has 1 aromatic rings. The van der Waals surface area contributed by atoms with Gasteiger partial charge in [0.15, 0.2) is 0 Å². The molecular weight excluding hydrogens is 232 g/mol. The number of rotatable bonds is 3. The Balaban J connectivity index is 3.14. The summed E-state index contributed by atoms with van der Waals surface area (Å²) in [7, 11) is 0. The number of alkyl halides is 2. The zero-order valence-corrected chi connectivity index (χ0v) is 8.41. The lowest BCUT2D eigenvalue weighted by Crippen LogP contribution is -2.14. The van der Waals surface area contributed by atoms with Crippen LogP contribution in [-0.2, 0) is 0 Å². The minimum atomic E-state index is -2.93. The van der Waals surface area contributed by atoms with Gasteiger partial charge in [0, 0.05) is 0 Å². The molecule has 1 rings (SSSR count). The Labute approximate surface area is 89.6 Å². The van der Waals surface area contributed by atoms with E-state index in [2.05, 4.69) is 17.0 Å². The first-order chi connectivity index (χ1) is 6.52. The SMILES string of the molecule is NC(=S)c1c(Cl)cccc1OC(F)F. The number of hydrogen-bond acceptors (Lipinski definition) is 2. The second-order valence-corrected chi connectivity index (χ2v) is 3.20. The molecule has 0 heterocycles. The second-order valence-electron chi connectivity index (χ2n) is 2.36. The number of ether oxygens (including phenoxy) is 1. The van der Waals surface area contributed by atoms with Crippen molar-refractivity contribution >= 4 is 28.8 Å². The highest BCUT2D eigenvalue weighted by molar-refractivity contribution is 7.80. The van der Waals surface area contributed by atoms with Gasteiger partial charge in [0.2, 0.25) is 0 Å². The molecule has 0 aliphatic rings. The van der Waals surface area contributed by atoms with Crippen molar-refractivity contribution in [1.29, 1.82) is 0 Å². The molecule has 0 radical (unpaired) electrons. The lowest BCUT2D eigenvalue weighted by atomic mass is 10.2. The van der Waals surface area contributed by atoms with Gasteiger partial charge >= 0.3 is 6.61 Å². The Morgan fingerprint density at radius 3 is 2.64 bits per heavy atom. The highest BCUT2D eigenvalue weighted by atomic mass is 35.5. The lowest BCUT2D eigenvalue weighted by Gasteiger charge is -2.10. The van der Waals surface area contributed by atoms with E-state index >= 15 is 0 Å². The molecule has 0 unspecified atom stereocenters. The zero-order valence-electron chi connectivity index (χ0n) is 6.84. The van der Waals surface area contributed by atoms with Crippen molar-refractivity contribution in [2.75, 3.05) is 0 Å². The van der Waals surface area contributed by atoms with Crippen molar-refractivity contribution in [3.05, 3.63) is 28.8 Å². The fraction of sp³-hybridized carbons (Fsp3) is 0.125. The highest BCUT2D eigenvalue weighted by Gasteiger charge is 2.14. The molecule has 0 amide bonds. The van der Waals surface area contributed by atoms with E-state index in [1.165, 1.54) is 18.2 Å². The summed E-state index contributed by atoms with van der Waals surface area (Å²) in [6.07, 6.45) is 0. The van der Waals surface area contributed by atoms with E-state index in [0.29, 0.717) is 0 Å². The molecule has 0 saturated carbocycles. The molecule has 0 fully saturated rings. The Morgan fingerprint density at radius 1 is 1.50 bits per heavy atom. The summed E-state index contributed by atoms with van der Waals surface area (Å²) in [6.45, 7) is -2.93. The van der Waals surface area contributed by atoms with Crippen LogP contribution in [0.4, 0.5) is 8.78 Å². The molecule has 0 aromatic heterocycles. The highest BCUT2D eigenvalue weighted by Crippen LogP contribution is 2.27. The third-order valence-electron chi connectivity index (χ3n) is 1.44. The lowest BCUT2D eigenvalue weighted by molar-refractivity contribution is -0.0499. The maximum absolute atomic E-state index is 11.9. The summed E-state index contributed by atoms with van der Waals surface area (Å²) in [5.74, 6) is -0.111. The van der Waals surface area contributed by atoms with Gasteiger partial charge in [0.05, 0.1) is 10.6 Å². The van der Waals surface area contributed by atoms with Crippen LogP contribution in [0.3, 0.4) is 0 Å². The van der Waals surface area contributed by atoms with E-state index in [1.807, 2.05) is 0 Å². The van der Waals surface area contributed by atoms with Gasteiger partial charge in [0.1, 0.15) is 10.7 Å². The van der Waals surface area contributed by atoms with Crippen molar-refractivity contribution in [3.63, 3.8) is 0 Å². The first kappa shape index (κ1) is 11.1. The Morgan fingerprint density at radius 2 is 2.14 bits per heavy atom. The second kappa shape index (κ2) is 4.52. The Bertz CT molecular complexity index is 359. The third-order valence-corrected chi connectivity index (χ3v) is 1.96. The molecule has 0 aliphatic carbocycles. The van der Waals surface area contributed by atoms with Crippen LogP contribution in [0.25, 0.3) is 0 Å². The van der Waals surface area contributed by atoms with Gasteiger partial charge in [0.25, 0.3) is 0 Å². The first-order valence-corrected chi connectivity index (χ1v) is 4.34. The van der Waals surface area contributed by atoms with Crippen molar-refractivity contribution in [2.45, 2.75) is 6.61 Å². The molecule has 76 valence electrons. The van der Waals surface area contributed by atoms with Crippen molar-refractivity contribution in [3.8, 4) is 5.75 Å². The summed E-state index contributed by atoms with van der Waals surface area (Å²) in [6, 6.07) is 4.29. The molecule has 0 saturated heterocycles. The van der Waals surface area contributed by atoms with Gasteiger partial charge in [-0.1, -0.05) is 29.9 Å². The zero-order chi connectivity index (χ0) is 10.7. The number of thiocarbonyl (C=S) groups is 1. The van der Waals surface area contributed by atoms with Crippen molar-refractivity contribution < 1.29 is 13.5 Å². The van der Waals surface area contributed by atoms with Gasteiger partial charge in [-0.05, 0) is 12.1 Å². The normalized spacial score (nSPS) is 10.3. The van der Waals surface area contributed by atoms with E-state index in [9.17, 15) is 8.78 Å². The topological polar surface area (TPSA) is 35.2 Å². The summed E-state index contributed by atoms with van der Waals surface area (Å²) in [5, 5.41) is 0.190. The maximum Gasteiger partial charge on any atom is 0.387 e. The monoisotopic (exact) mass is 237 g/mol. The Hall–Kier alpha value is -0.940. The van der Waals surface area contributed by atoms with Gasteiger partial charge in [-0.3, -0.25) is 0 Å². The van der Waals surface area contributed by atoms with Crippen molar-refractivity contribution in [2.24, 2.45) is 5.73 Å². The van der Waals surface area contributed by atoms with Gasteiger partial charge in [-0.15, -0.1) is 0 Å². The quantitative estimate of drug-likeness (QED) is 0.821. The van der Waals surface area contributed by atoms with Gasteiger partial charge in [-0.25, -0.2) is 0 Å². The average Bonchev–Trinajstić information content (AvgIpc) is 2.01. The Kier molecular flexibility index (Phi) is 3.60. The maximum atomic E-state index is 11.9. The fourth-order valence-corrected chi connectivity index (χ4v) is 1.47. The van der Waals surface area contributed by atoms with Crippen LogP contribution in [0.15, 0.2) is 18.2 Å². The molecule has 0 spiro atoms. The smallest absolute Gasteiger partial charge is 0.387 e. The first-order valence-electron chi connectivity index (χ1n) is 3.55. The molecule has 0 aliphatic heterocycles. The van der Waals surface area contributed by atoms with Crippen LogP contribution >= 0.6 is 23.8 Å². The third kappa shape index (κ3) is 2.52. The molecule has 0 atom stereocenters. The van der Waals surface area contributed by atoms with Crippen LogP contribution in [0.5, 0.6) is 5.75 Å². The summed E-state index contributed by atoms with van der Waals surface area (Å²) >= 11 is 10.4. The standard InChI is InChI=1S/C8H6ClF2NOS/c9-4-2-1-3-5(13-8(10)11)6(4)7(12)14/h1-3,8H,(H2,12,14). The predicted octanol–water partition coefficient (Wildman–Crippen LogP) is 2.58. The van der Waals surface area contributed by atoms with Crippen LogP contribution in [0, 0.1) is 0 Å². The summed E-state index contributed by atoms with van der Waals surface area (Å²) < 4.78 is 28.1. The molecule has 6 heteroatoms. The largest absolute Gasteiger partial charge is 0.434 e. The molecular formula is C8H6ClF2NOS. The van der Waals surface area contributed by atoms with Crippen LogP contribution in [0.1, 0.15) is 5.56 Å². The molecule has 1 aromatic carbocycles. The number of hydrogen-bond donors (Lipinski definition) is 1. The van der Waals surface area contributed by atoms with Crippen LogP contribution < -0.4 is 10.5 Å². The minimum Gasteiger partial charge on any atom is -0.434 e.